The summed E-state index contributed by atoms with van der Waals surface area (Å²) >= 11 is 0.890. The molecule has 1 unspecified atom stereocenters. The van der Waals surface area contributed by atoms with Gasteiger partial charge in [0.25, 0.3) is 4.74 Å². The Balaban J connectivity index is 2.27. The van der Waals surface area contributed by atoms with Crippen molar-refractivity contribution < 1.29 is 18.0 Å². The zero-order valence-corrected chi connectivity index (χ0v) is 13.3. The summed E-state index contributed by atoms with van der Waals surface area (Å²) in [4.78, 5) is 0.684. The van der Waals surface area contributed by atoms with Gasteiger partial charge < -0.3 is 9.05 Å². The van der Waals surface area contributed by atoms with Crippen LogP contribution in [0.15, 0.2) is 60.0 Å². The summed E-state index contributed by atoms with van der Waals surface area (Å²) in [5, 5.41) is 0. The molecule has 1 atom stereocenters. The summed E-state index contributed by atoms with van der Waals surface area (Å²) in [5.74, 6) is 0. The van der Waals surface area contributed by atoms with Gasteiger partial charge in [-0.15, -0.1) is 6.58 Å². The Morgan fingerprint density at radius 2 is 1.90 bits per heavy atom. The Kier molecular flexibility index (Phi) is 5.82. The van der Waals surface area contributed by atoms with Gasteiger partial charge >= 0.3 is 7.60 Å². The monoisotopic (exact) mass is 328 g/mol. The van der Waals surface area contributed by atoms with Crippen molar-refractivity contribution in [3.05, 3.63) is 55.1 Å². The molecule has 0 saturated carbocycles. The molecule has 0 aliphatic carbocycles. The van der Waals surface area contributed by atoms with Gasteiger partial charge in [0.1, 0.15) is 0 Å². The third-order valence-electron chi connectivity index (χ3n) is 2.93. The van der Waals surface area contributed by atoms with E-state index in [9.17, 15) is 4.57 Å². The van der Waals surface area contributed by atoms with Gasteiger partial charge in [0.15, 0.2) is 0 Å². The minimum absolute atomic E-state index is 0.0212. The number of halogens is 1. The van der Waals surface area contributed by atoms with E-state index in [1.165, 1.54) is 0 Å². The van der Waals surface area contributed by atoms with Crippen molar-refractivity contribution in [2.75, 3.05) is 13.2 Å². The highest BCUT2D eigenvalue weighted by atomic mass is 32.2. The highest BCUT2D eigenvalue weighted by Gasteiger charge is 2.53. The van der Waals surface area contributed by atoms with Crippen molar-refractivity contribution in [3.8, 4) is 0 Å². The largest absolute Gasteiger partial charge is 0.378 e. The van der Waals surface area contributed by atoms with Crippen LogP contribution < -0.4 is 0 Å². The molecule has 0 spiro atoms. The van der Waals surface area contributed by atoms with Crippen LogP contribution in [0.4, 0.5) is 4.39 Å². The van der Waals surface area contributed by atoms with Gasteiger partial charge in [0.2, 0.25) is 0 Å². The Hall–Kier alpha value is -0.870. The molecule has 0 saturated heterocycles. The maximum absolute atomic E-state index is 15.5. The molecule has 3 nitrogen and oxygen atoms in total. The molecular formula is C15H18FO3PS. The first-order valence-corrected chi connectivity index (χ1v) is 9.04. The van der Waals surface area contributed by atoms with E-state index in [4.69, 9.17) is 9.05 Å². The predicted molar refractivity (Wildman–Crippen MR) is 84.2 cm³/mol. The Morgan fingerprint density at radius 1 is 1.29 bits per heavy atom. The number of benzene rings is 1. The van der Waals surface area contributed by atoms with Crippen LogP contribution in [0, 0.1) is 0 Å². The van der Waals surface area contributed by atoms with Crippen LogP contribution in [-0.4, -0.2) is 18.0 Å². The first-order valence-electron chi connectivity index (χ1n) is 6.68. The van der Waals surface area contributed by atoms with Crippen molar-refractivity contribution >= 4 is 19.4 Å². The molecule has 0 radical (unpaired) electrons. The topological polar surface area (TPSA) is 35.5 Å². The Morgan fingerprint density at radius 3 is 2.48 bits per heavy atom. The van der Waals surface area contributed by atoms with Crippen molar-refractivity contribution in [1.82, 2.24) is 0 Å². The lowest BCUT2D eigenvalue weighted by atomic mass is 10.3. The summed E-state index contributed by atoms with van der Waals surface area (Å²) in [5.41, 5.74) is 0. The molecule has 21 heavy (non-hydrogen) atoms. The van der Waals surface area contributed by atoms with Crippen LogP contribution in [0.5, 0.6) is 0 Å². The molecule has 0 aromatic heterocycles. The third kappa shape index (κ3) is 4.07. The molecule has 0 fully saturated rings. The molecule has 6 heteroatoms. The number of alkyl halides is 1. The number of hydrogen-bond acceptors (Lipinski definition) is 4. The van der Waals surface area contributed by atoms with E-state index < -0.39 is 12.3 Å². The highest BCUT2D eigenvalue weighted by Crippen LogP contribution is 2.69. The van der Waals surface area contributed by atoms with Crippen molar-refractivity contribution in [3.63, 3.8) is 0 Å². The van der Waals surface area contributed by atoms with Crippen LogP contribution in [0.2, 0.25) is 0 Å². The highest BCUT2D eigenvalue weighted by molar-refractivity contribution is 8.06. The maximum atomic E-state index is 15.5. The fourth-order valence-corrected chi connectivity index (χ4v) is 5.22. The van der Waals surface area contributed by atoms with Gasteiger partial charge in [0, 0.05) is 11.3 Å². The van der Waals surface area contributed by atoms with E-state index in [1.54, 1.807) is 30.4 Å². The first-order chi connectivity index (χ1) is 10.1. The second-order valence-electron chi connectivity index (χ2n) is 4.49. The number of thioether (sulfide) groups is 1. The summed E-state index contributed by atoms with van der Waals surface area (Å²) in [6, 6.07) is 9.01. The minimum atomic E-state index is -3.89. The summed E-state index contributed by atoms with van der Waals surface area (Å²) in [6.07, 6.45) is 5.37. The average molecular weight is 328 g/mol. The van der Waals surface area contributed by atoms with E-state index in [2.05, 4.69) is 6.58 Å². The van der Waals surface area contributed by atoms with E-state index in [-0.39, 0.29) is 19.6 Å². The van der Waals surface area contributed by atoms with E-state index in [0.29, 0.717) is 11.3 Å². The summed E-state index contributed by atoms with van der Waals surface area (Å²) in [7, 11) is -3.89. The van der Waals surface area contributed by atoms with Gasteiger partial charge in [0.05, 0.1) is 13.2 Å². The molecule has 0 amide bonds. The van der Waals surface area contributed by atoms with Crippen LogP contribution in [0.25, 0.3) is 0 Å². The van der Waals surface area contributed by atoms with E-state index in [0.717, 1.165) is 11.8 Å². The van der Waals surface area contributed by atoms with Gasteiger partial charge in [-0.3, -0.25) is 4.57 Å². The van der Waals surface area contributed by atoms with Crippen LogP contribution in [-0.2, 0) is 13.6 Å². The van der Waals surface area contributed by atoms with Gasteiger partial charge in [-0.1, -0.05) is 48.2 Å². The lowest BCUT2D eigenvalue weighted by molar-refractivity contribution is 0.195. The molecule has 1 aliphatic heterocycles. The van der Waals surface area contributed by atoms with Crippen molar-refractivity contribution in [1.29, 1.82) is 0 Å². The lowest BCUT2D eigenvalue weighted by Crippen LogP contribution is -2.21. The molecule has 1 aromatic carbocycles. The quantitative estimate of drug-likeness (QED) is 0.410. The minimum Gasteiger partial charge on any atom is -0.302 e. The number of rotatable bonds is 6. The van der Waals surface area contributed by atoms with E-state index >= 15 is 4.39 Å². The SMILES string of the molecule is C=CCCC(F)(Sc1ccccc1)P1(=O)OCC=CCO1. The normalized spacial score (nSPS) is 20.4. The lowest BCUT2D eigenvalue weighted by Gasteiger charge is -2.30. The Bertz CT molecular complexity index is 535. The predicted octanol–water partition coefficient (Wildman–Crippen LogP) is 5.16. The van der Waals surface area contributed by atoms with Crippen LogP contribution >= 0.6 is 19.4 Å². The second-order valence-corrected chi connectivity index (χ2v) is 8.34. The molecule has 0 bridgehead atoms. The second kappa shape index (κ2) is 7.41. The van der Waals surface area contributed by atoms with Gasteiger partial charge in [-0.25, -0.2) is 4.39 Å². The molecule has 2 rings (SSSR count). The zero-order chi connectivity index (χ0) is 15.2. The summed E-state index contributed by atoms with van der Waals surface area (Å²) in [6.45, 7) is 3.78. The van der Waals surface area contributed by atoms with Crippen molar-refractivity contribution in [2.24, 2.45) is 0 Å². The fraction of sp³-hybridized carbons (Fsp3) is 0.333. The smallest absolute Gasteiger partial charge is 0.302 e. The van der Waals surface area contributed by atoms with Gasteiger partial charge in [-0.05, 0) is 18.6 Å². The van der Waals surface area contributed by atoms with Gasteiger partial charge in [-0.2, -0.15) is 0 Å². The summed E-state index contributed by atoms with van der Waals surface area (Å²) < 4.78 is 36.7. The van der Waals surface area contributed by atoms with Crippen LogP contribution in [0.3, 0.4) is 0 Å². The maximum Gasteiger partial charge on any atom is 0.378 e. The number of allylic oxidation sites excluding steroid dienone is 1. The first kappa shape index (κ1) is 16.5. The third-order valence-corrected chi connectivity index (χ3v) is 6.92. The van der Waals surface area contributed by atoms with Crippen LogP contribution in [0.1, 0.15) is 12.8 Å². The standard InChI is InChI=1S/C15H18FO3PS/c1-2-3-11-15(16,21-14-9-5-4-6-10-14)20(17)18-12-7-8-13-19-20/h2,4-10H,1,3,11-13H2. The molecule has 114 valence electrons. The molecule has 1 aromatic rings. The molecular weight excluding hydrogens is 310 g/mol. The van der Waals surface area contributed by atoms with Crippen molar-refractivity contribution in [2.45, 2.75) is 22.5 Å². The molecule has 1 heterocycles. The molecule has 0 N–H and O–H groups in total. The fourth-order valence-electron chi connectivity index (χ4n) is 1.84. The average Bonchev–Trinajstić information content (AvgIpc) is 2.72. The molecule has 1 aliphatic rings. The van der Waals surface area contributed by atoms with E-state index in [1.807, 2.05) is 18.2 Å². The Labute approximate surface area is 128 Å². The zero-order valence-electron chi connectivity index (χ0n) is 11.6. The number of hydrogen-bond donors (Lipinski definition) is 0.